The predicted octanol–water partition coefficient (Wildman–Crippen LogP) is 2.13. The number of nitrogens with zero attached hydrogens (tertiary/aromatic N) is 1. The quantitative estimate of drug-likeness (QED) is 0.940. The van der Waals surface area contributed by atoms with Gasteiger partial charge < -0.3 is 4.98 Å². The fourth-order valence-electron chi connectivity index (χ4n) is 2.81. The van der Waals surface area contributed by atoms with Crippen molar-refractivity contribution in [2.75, 3.05) is 6.54 Å². The highest BCUT2D eigenvalue weighted by atomic mass is 32.2. The second-order valence-corrected chi connectivity index (χ2v) is 7.82. The fourth-order valence-corrected chi connectivity index (χ4v) is 5.46. The van der Waals surface area contributed by atoms with Gasteiger partial charge in [-0.2, -0.15) is 4.31 Å². The minimum atomic E-state index is -3.78. The number of rotatable bonds is 3. The molecule has 0 radical (unpaired) electrons. The number of pyridine rings is 1. The van der Waals surface area contributed by atoms with Gasteiger partial charge in [-0.1, -0.05) is 6.92 Å². The average molecular weight is 324 g/mol. The molecule has 5 nitrogen and oxygen atoms in total. The summed E-state index contributed by atoms with van der Waals surface area (Å²) in [6, 6.07) is 3.04. The third-order valence-corrected chi connectivity index (χ3v) is 6.73. The van der Waals surface area contributed by atoms with E-state index >= 15 is 0 Å². The molecule has 1 N–H and O–H groups in total. The zero-order chi connectivity index (χ0) is 15.0. The summed E-state index contributed by atoms with van der Waals surface area (Å²) in [5, 5.41) is 2.00. The molecule has 1 unspecified atom stereocenters. The molecular weight excluding hydrogens is 308 g/mol. The molecule has 0 spiro atoms. The molecule has 2 aromatic rings. The van der Waals surface area contributed by atoms with Gasteiger partial charge in [0.2, 0.25) is 15.5 Å². The Balaban J connectivity index is 2.08. The topological polar surface area (TPSA) is 70.2 Å². The number of nitrogens with one attached hydrogen (secondary N) is 1. The van der Waals surface area contributed by atoms with E-state index in [1.165, 1.54) is 27.6 Å². The number of hydrogen-bond donors (Lipinski definition) is 1. The molecule has 0 saturated carbocycles. The molecule has 1 atom stereocenters. The van der Waals surface area contributed by atoms with Crippen LogP contribution in [0.1, 0.15) is 29.8 Å². The lowest BCUT2D eigenvalue weighted by molar-refractivity contribution is 0.303. The minimum absolute atomic E-state index is 0.179. The van der Waals surface area contributed by atoms with Crippen LogP contribution in [0.2, 0.25) is 0 Å². The second kappa shape index (κ2) is 5.40. The maximum atomic E-state index is 12.8. The van der Waals surface area contributed by atoms with E-state index in [2.05, 4.69) is 4.98 Å². The number of sulfonamides is 1. The predicted molar refractivity (Wildman–Crippen MR) is 82.0 cm³/mol. The Morgan fingerprint density at radius 2 is 2.24 bits per heavy atom. The smallest absolute Gasteiger partial charge is 0.248 e. The van der Waals surface area contributed by atoms with Gasteiger partial charge >= 0.3 is 0 Å². The van der Waals surface area contributed by atoms with E-state index in [0.29, 0.717) is 19.4 Å². The number of hydrogen-bond acceptors (Lipinski definition) is 4. The van der Waals surface area contributed by atoms with Crippen molar-refractivity contribution in [2.45, 2.75) is 30.7 Å². The summed E-state index contributed by atoms with van der Waals surface area (Å²) in [7, 11) is -3.78. The largest absolute Gasteiger partial charge is 0.366 e. The Morgan fingerprint density at radius 1 is 1.43 bits per heavy atom. The Hall–Kier alpha value is -1.44. The highest BCUT2D eigenvalue weighted by Crippen LogP contribution is 2.37. The minimum Gasteiger partial charge on any atom is -0.366 e. The first-order valence-electron chi connectivity index (χ1n) is 6.81. The molecule has 0 fully saturated rings. The van der Waals surface area contributed by atoms with Crippen LogP contribution in [-0.2, 0) is 16.4 Å². The van der Waals surface area contributed by atoms with Crippen LogP contribution in [-0.4, -0.2) is 24.3 Å². The highest BCUT2D eigenvalue weighted by Gasteiger charge is 2.36. The van der Waals surface area contributed by atoms with Crippen LogP contribution >= 0.6 is 11.3 Å². The van der Waals surface area contributed by atoms with Crippen molar-refractivity contribution in [2.24, 2.45) is 0 Å². The standard InChI is InChI=1S/C14H16N2O3S2/c1-2-11-10-5-8-20-13(10)4-7-16(11)21(18,19)14-9-15-6-3-12(14)17/h3,5-6,8-9,11H,2,4,7H2,1H3,(H,15,17). The molecule has 7 heteroatoms. The van der Waals surface area contributed by atoms with Gasteiger partial charge in [0, 0.05) is 29.9 Å². The van der Waals surface area contributed by atoms with Gasteiger partial charge in [0.05, 0.1) is 6.04 Å². The average Bonchev–Trinajstić information content (AvgIpc) is 2.94. The number of thiophene rings is 1. The van der Waals surface area contributed by atoms with E-state index in [1.807, 2.05) is 18.4 Å². The van der Waals surface area contributed by atoms with E-state index in [-0.39, 0.29) is 10.9 Å². The molecule has 3 heterocycles. The molecule has 2 aromatic heterocycles. The van der Waals surface area contributed by atoms with Gasteiger partial charge in [0.1, 0.15) is 4.90 Å². The molecule has 0 saturated heterocycles. The second-order valence-electron chi connectivity index (χ2n) is 4.96. The van der Waals surface area contributed by atoms with Crippen LogP contribution in [0.3, 0.4) is 0 Å². The molecule has 3 rings (SSSR count). The first-order chi connectivity index (χ1) is 10.1. The summed E-state index contributed by atoms with van der Waals surface area (Å²) in [4.78, 5) is 15.6. The Kier molecular flexibility index (Phi) is 3.73. The zero-order valence-corrected chi connectivity index (χ0v) is 13.2. The van der Waals surface area contributed by atoms with Crippen molar-refractivity contribution in [3.8, 4) is 0 Å². The van der Waals surface area contributed by atoms with Gasteiger partial charge in [-0.05, 0) is 29.9 Å². The first-order valence-corrected chi connectivity index (χ1v) is 9.13. The monoisotopic (exact) mass is 324 g/mol. The number of aromatic amines is 1. The van der Waals surface area contributed by atoms with Gasteiger partial charge in [-0.15, -0.1) is 11.3 Å². The van der Waals surface area contributed by atoms with Crippen molar-refractivity contribution in [1.82, 2.24) is 9.29 Å². The summed E-state index contributed by atoms with van der Waals surface area (Å²) >= 11 is 1.67. The van der Waals surface area contributed by atoms with Crippen LogP contribution in [0, 0.1) is 0 Å². The molecule has 0 bridgehead atoms. The van der Waals surface area contributed by atoms with Crippen LogP contribution in [0.15, 0.2) is 39.6 Å². The van der Waals surface area contributed by atoms with E-state index in [4.69, 9.17) is 0 Å². The third-order valence-electron chi connectivity index (χ3n) is 3.81. The van der Waals surface area contributed by atoms with Crippen LogP contribution in [0.25, 0.3) is 0 Å². The van der Waals surface area contributed by atoms with Crippen LogP contribution in [0.5, 0.6) is 0 Å². The highest BCUT2D eigenvalue weighted by molar-refractivity contribution is 7.89. The normalized spacial score (nSPS) is 19.4. The van der Waals surface area contributed by atoms with Crippen molar-refractivity contribution >= 4 is 21.4 Å². The lowest BCUT2D eigenvalue weighted by Gasteiger charge is -2.34. The van der Waals surface area contributed by atoms with Crippen molar-refractivity contribution in [3.63, 3.8) is 0 Å². The summed E-state index contributed by atoms with van der Waals surface area (Å²) < 4.78 is 27.1. The molecule has 0 aromatic carbocycles. The maximum Gasteiger partial charge on any atom is 0.248 e. The summed E-state index contributed by atoms with van der Waals surface area (Å²) in [5.41, 5.74) is 0.601. The Morgan fingerprint density at radius 3 is 2.95 bits per heavy atom. The van der Waals surface area contributed by atoms with E-state index < -0.39 is 15.5 Å². The van der Waals surface area contributed by atoms with Crippen LogP contribution < -0.4 is 5.43 Å². The molecule has 21 heavy (non-hydrogen) atoms. The van der Waals surface area contributed by atoms with E-state index in [9.17, 15) is 13.2 Å². The van der Waals surface area contributed by atoms with Gasteiger partial charge in [0.15, 0.2) is 0 Å². The summed E-state index contributed by atoms with van der Waals surface area (Å²) in [5.74, 6) is 0. The zero-order valence-electron chi connectivity index (χ0n) is 11.6. The fraction of sp³-hybridized carbons (Fsp3) is 0.357. The number of H-pyrrole nitrogens is 1. The van der Waals surface area contributed by atoms with Crippen LogP contribution in [0.4, 0.5) is 0 Å². The van der Waals surface area contributed by atoms with E-state index in [1.54, 1.807) is 11.3 Å². The van der Waals surface area contributed by atoms with E-state index in [0.717, 1.165) is 5.56 Å². The lowest BCUT2D eigenvalue weighted by Crippen LogP contribution is -2.40. The van der Waals surface area contributed by atoms with Gasteiger partial charge in [-0.25, -0.2) is 8.42 Å². The van der Waals surface area contributed by atoms with Crippen molar-refractivity contribution in [3.05, 3.63) is 50.6 Å². The van der Waals surface area contributed by atoms with Gasteiger partial charge in [0.25, 0.3) is 0 Å². The molecule has 112 valence electrons. The molecule has 1 aliphatic rings. The molecular formula is C14H16N2O3S2. The number of aromatic nitrogens is 1. The lowest BCUT2D eigenvalue weighted by atomic mass is 10.0. The Labute approximate surface area is 127 Å². The summed E-state index contributed by atoms with van der Waals surface area (Å²) in [6.45, 7) is 2.39. The first kappa shape index (κ1) is 14.5. The van der Waals surface area contributed by atoms with Crippen molar-refractivity contribution < 1.29 is 8.42 Å². The SMILES string of the molecule is CCC1c2ccsc2CCN1S(=O)(=O)c1c[nH]ccc1=O. The molecule has 0 aliphatic carbocycles. The van der Waals surface area contributed by atoms with Gasteiger partial charge in [-0.3, -0.25) is 4.79 Å². The molecule has 1 aliphatic heterocycles. The maximum absolute atomic E-state index is 12.8. The third kappa shape index (κ3) is 2.35. The molecule has 0 amide bonds. The van der Waals surface area contributed by atoms with Crippen molar-refractivity contribution in [1.29, 1.82) is 0 Å². The number of fused-ring (bicyclic) bond motifs is 1. The Bertz CT molecular complexity index is 807. The summed E-state index contributed by atoms with van der Waals surface area (Å²) in [6.07, 6.45) is 4.10.